The molecule has 0 nitrogen and oxygen atoms in total. The fraction of sp³-hybridized carbons (Fsp3) is 0.385. The Bertz CT molecular complexity index is 303. The van der Waals surface area contributed by atoms with Crippen LogP contribution in [0.25, 0.3) is 0 Å². The first-order chi connectivity index (χ1) is 7.42. The summed E-state index contributed by atoms with van der Waals surface area (Å²) < 4.78 is 0.637. The Balaban J connectivity index is 1.94. The van der Waals surface area contributed by atoms with Gasteiger partial charge in [-0.05, 0) is 34.5 Å². The van der Waals surface area contributed by atoms with Crippen LogP contribution in [-0.4, -0.2) is 4.08 Å². The van der Waals surface area contributed by atoms with Gasteiger partial charge in [0.1, 0.15) is 0 Å². The SMILES string of the molecule is C1=C[SH](C2([SH]3C=CC=C3)CCCC2)C=C1. The molecule has 0 aromatic heterocycles. The fourth-order valence-corrected chi connectivity index (χ4v) is 8.79. The molecule has 3 aliphatic rings. The van der Waals surface area contributed by atoms with Crippen LogP contribution >= 0.6 is 21.8 Å². The number of rotatable bonds is 2. The van der Waals surface area contributed by atoms with E-state index in [0.29, 0.717) is 4.08 Å². The molecule has 2 heteroatoms. The van der Waals surface area contributed by atoms with E-state index in [1.165, 1.54) is 25.7 Å². The molecule has 0 amide bonds. The van der Waals surface area contributed by atoms with Gasteiger partial charge in [0.2, 0.25) is 0 Å². The molecule has 1 fully saturated rings. The van der Waals surface area contributed by atoms with Gasteiger partial charge in [-0.15, -0.1) is 0 Å². The lowest BCUT2D eigenvalue weighted by molar-refractivity contribution is 0.842. The van der Waals surface area contributed by atoms with Gasteiger partial charge in [-0.2, -0.15) is 21.8 Å². The van der Waals surface area contributed by atoms with Crippen molar-refractivity contribution in [2.75, 3.05) is 0 Å². The standard InChI is InChI=1S/C13H18S2/c1-2-8-13(7-1,14-9-3-4-10-14)15-11-5-6-12-15/h3-6,9-12,14-15H,1-2,7-8H2. The Morgan fingerprint density at radius 3 is 1.47 bits per heavy atom. The summed E-state index contributed by atoms with van der Waals surface area (Å²) >= 11 is 0. The van der Waals surface area contributed by atoms with Gasteiger partial charge >= 0.3 is 0 Å². The van der Waals surface area contributed by atoms with Crippen molar-refractivity contribution in [3.8, 4) is 0 Å². The zero-order valence-corrected chi connectivity index (χ0v) is 10.6. The highest BCUT2D eigenvalue weighted by Crippen LogP contribution is 2.68. The van der Waals surface area contributed by atoms with Gasteiger partial charge in [-0.1, -0.05) is 37.1 Å². The zero-order valence-electron chi connectivity index (χ0n) is 8.84. The number of thiol groups is 2. The molecule has 82 valence electrons. The summed E-state index contributed by atoms with van der Waals surface area (Å²) in [6, 6.07) is 0. The second-order valence-corrected chi connectivity index (χ2v) is 9.26. The molecule has 0 N–H and O–H groups in total. The fourth-order valence-electron chi connectivity index (χ4n) is 2.81. The van der Waals surface area contributed by atoms with E-state index in [9.17, 15) is 0 Å². The van der Waals surface area contributed by atoms with Crippen molar-refractivity contribution < 1.29 is 0 Å². The number of hydrogen-bond acceptors (Lipinski definition) is 0. The molecule has 0 aromatic carbocycles. The third-order valence-electron chi connectivity index (χ3n) is 3.57. The van der Waals surface area contributed by atoms with E-state index in [4.69, 9.17) is 0 Å². The summed E-state index contributed by atoms with van der Waals surface area (Å²) in [7, 11) is 0.0473. The molecular formula is C13H18S2. The smallest absolute Gasteiger partial charge is 0.0386 e. The Kier molecular flexibility index (Phi) is 2.57. The highest BCUT2D eigenvalue weighted by Gasteiger charge is 2.41. The lowest BCUT2D eigenvalue weighted by atomic mass is 10.4. The van der Waals surface area contributed by atoms with Gasteiger partial charge in [-0.3, -0.25) is 0 Å². The minimum Gasteiger partial charge on any atom is -0.199 e. The predicted octanol–water partition coefficient (Wildman–Crippen LogP) is 4.34. The second kappa shape index (κ2) is 3.91. The number of allylic oxidation sites excluding steroid dienone is 4. The zero-order chi connectivity index (χ0) is 10.1. The van der Waals surface area contributed by atoms with E-state index >= 15 is 0 Å². The highest BCUT2D eigenvalue weighted by atomic mass is 32.3. The van der Waals surface area contributed by atoms with Crippen molar-refractivity contribution in [1.29, 1.82) is 0 Å². The van der Waals surface area contributed by atoms with Crippen molar-refractivity contribution in [2.45, 2.75) is 29.8 Å². The molecule has 2 heterocycles. The van der Waals surface area contributed by atoms with Gasteiger partial charge in [0.15, 0.2) is 0 Å². The van der Waals surface area contributed by atoms with Gasteiger partial charge in [0.25, 0.3) is 0 Å². The largest absolute Gasteiger partial charge is 0.199 e. The van der Waals surface area contributed by atoms with Gasteiger partial charge < -0.3 is 0 Å². The van der Waals surface area contributed by atoms with Crippen molar-refractivity contribution >= 4 is 21.8 Å². The summed E-state index contributed by atoms with van der Waals surface area (Å²) in [6.45, 7) is 0. The quantitative estimate of drug-likeness (QED) is 0.657. The summed E-state index contributed by atoms with van der Waals surface area (Å²) in [6.07, 6.45) is 14.8. The van der Waals surface area contributed by atoms with E-state index < -0.39 is 0 Å². The molecule has 0 unspecified atom stereocenters. The maximum atomic E-state index is 2.48. The number of hydrogen-bond donors (Lipinski definition) is 2. The van der Waals surface area contributed by atoms with Crippen molar-refractivity contribution in [2.24, 2.45) is 0 Å². The minimum atomic E-state index is 0.0237. The van der Waals surface area contributed by atoms with E-state index in [0.717, 1.165) is 0 Å². The normalized spacial score (nSPS) is 30.9. The van der Waals surface area contributed by atoms with Crippen LogP contribution in [0.15, 0.2) is 45.9 Å². The molecule has 1 saturated carbocycles. The first-order valence-corrected chi connectivity index (χ1v) is 8.65. The van der Waals surface area contributed by atoms with Crippen LogP contribution in [0.3, 0.4) is 0 Å². The molecule has 0 saturated heterocycles. The highest BCUT2D eigenvalue weighted by molar-refractivity contribution is 8.39. The van der Waals surface area contributed by atoms with Gasteiger partial charge in [-0.25, -0.2) is 0 Å². The second-order valence-electron chi connectivity index (χ2n) is 4.37. The first kappa shape index (κ1) is 9.86. The monoisotopic (exact) mass is 238 g/mol. The Hall–Kier alpha value is -0.340. The van der Waals surface area contributed by atoms with Crippen LogP contribution < -0.4 is 0 Å². The lowest BCUT2D eigenvalue weighted by Crippen LogP contribution is -2.20. The molecule has 1 aliphatic carbocycles. The Labute approximate surface area is 97.5 Å². The molecule has 0 atom stereocenters. The maximum absolute atomic E-state index is 2.48. The molecule has 0 spiro atoms. The summed E-state index contributed by atoms with van der Waals surface area (Å²) in [5, 5.41) is 9.90. The molecule has 0 aromatic rings. The van der Waals surface area contributed by atoms with Crippen LogP contribution in [0.1, 0.15) is 25.7 Å². The third-order valence-corrected chi connectivity index (χ3v) is 9.75. The lowest BCUT2D eigenvalue weighted by Gasteiger charge is -2.42. The van der Waals surface area contributed by atoms with Crippen LogP contribution in [0, 0.1) is 0 Å². The first-order valence-electron chi connectivity index (χ1n) is 5.69. The van der Waals surface area contributed by atoms with Crippen molar-refractivity contribution in [3.05, 3.63) is 45.9 Å². The van der Waals surface area contributed by atoms with E-state index in [-0.39, 0.29) is 21.8 Å². The van der Waals surface area contributed by atoms with Crippen molar-refractivity contribution in [1.82, 2.24) is 0 Å². The molecule has 0 radical (unpaired) electrons. The van der Waals surface area contributed by atoms with Crippen LogP contribution in [0.2, 0.25) is 0 Å². The molecule has 15 heavy (non-hydrogen) atoms. The maximum Gasteiger partial charge on any atom is 0.0386 e. The average molecular weight is 238 g/mol. The van der Waals surface area contributed by atoms with Crippen molar-refractivity contribution in [3.63, 3.8) is 0 Å². The Morgan fingerprint density at radius 2 is 1.07 bits per heavy atom. The van der Waals surface area contributed by atoms with Crippen LogP contribution in [-0.2, 0) is 0 Å². The minimum absolute atomic E-state index is 0.0237. The Morgan fingerprint density at radius 1 is 0.667 bits per heavy atom. The van der Waals surface area contributed by atoms with Gasteiger partial charge in [0, 0.05) is 4.08 Å². The average Bonchev–Trinajstić information content (AvgIpc) is 3.02. The molecular weight excluding hydrogens is 220 g/mol. The van der Waals surface area contributed by atoms with Crippen LogP contribution in [0.4, 0.5) is 0 Å². The predicted molar refractivity (Wildman–Crippen MR) is 75.7 cm³/mol. The van der Waals surface area contributed by atoms with Crippen LogP contribution in [0.5, 0.6) is 0 Å². The molecule has 2 aliphatic heterocycles. The third kappa shape index (κ3) is 1.55. The molecule has 0 bridgehead atoms. The summed E-state index contributed by atoms with van der Waals surface area (Å²) in [4.78, 5) is 0. The van der Waals surface area contributed by atoms with E-state index in [1.807, 2.05) is 0 Å². The van der Waals surface area contributed by atoms with Gasteiger partial charge in [0.05, 0.1) is 0 Å². The van der Waals surface area contributed by atoms with E-state index in [1.54, 1.807) is 0 Å². The summed E-state index contributed by atoms with van der Waals surface area (Å²) in [5.41, 5.74) is 0. The summed E-state index contributed by atoms with van der Waals surface area (Å²) in [5.74, 6) is 0. The van der Waals surface area contributed by atoms with E-state index in [2.05, 4.69) is 45.9 Å². The molecule has 3 rings (SSSR count). The topological polar surface area (TPSA) is 0 Å².